The number of unbranched alkanes of at least 4 members (excludes halogenated alkanes) is 1. The van der Waals surface area contributed by atoms with Gasteiger partial charge in [-0.25, -0.2) is 0 Å². The predicted molar refractivity (Wildman–Crippen MR) is 76.5 cm³/mol. The van der Waals surface area contributed by atoms with Gasteiger partial charge in [-0.1, -0.05) is 24.4 Å². The molecule has 1 aromatic carbocycles. The summed E-state index contributed by atoms with van der Waals surface area (Å²) in [7, 11) is 5.96. The maximum atomic E-state index is 5.22. The van der Waals surface area contributed by atoms with Crippen LogP contribution < -0.4 is 15.5 Å². The van der Waals surface area contributed by atoms with Crippen LogP contribution in [0.5, 0.6) is 0 Å². The smallest absolute Gasteiger partial charge is 0.0834 e. The molecule has 0 fully saturated rings. The Morgan fingerprint density at radius 3 is 2.25 bits per heavy atom. The Hall–Kier alpha value is -0.520. The Morgan fingerprint density at radius 2 is 1.69 bits per heavy atom. The summed E-state index contributed by atoms with van der Waals surface area (Å²) in [5, 5.41) is 6.50. The molecule has 2 N–H and O–H groups in total. The molecule has 0 aliphatic heterocycles. The lowest BCUT2D eigenvalue weighted by atomic mass is 10.2. The van der Waals surface area contributed by atoms with Crippen molar-refractivity contribution in [1.82, 2.24) is 5.32 Å². The molecular weight excluding hydrogens is 238 g/mol. The van der Waals surface area contributed by atoms with Crippen molar-refractivity contribution >= 4 is 35.8 Å². The highest BCUT2D eigenvalue weighted by atomic mass is 32.1. The van der Waals surface area contributed by atoms with Gasteiger partial charge in [-0.3, -0.25) is 0 Å². The summed E-state index contributed by atoms with van der Waals surface area (Å²) >= 11 is 10.4. The SMILES string of the molecule is CNCCCCNc1c(N(C)C)c(=S)c1=S. The second-order valence-electron chi connectivity index (χ2n) is 4.01. The van der Waals surface area contributed by atoms with Crippen LogP contribution in [0.15, 0.2) is 0 Å². The van der Waals surface area contributed by atoms with E-state index in [0.717, 1.165) is 39.9 Å². The quantitative estimate of drug-likeness (QED) is 0.578. The van der Waals surface area contributed by atoms with Crippen molar-refractivity contribution < 1.29 is 0 Å². The van der Waals surface area contributed by atoms with E-state index in [1.54, 1.807) is 0 Å². The fourth-order valence-corrected chi connectivity index (χ4v) is 2.26. The van der Waals surface area contributed by atoms with Crippen molar-refractivity contribution in [2.75, 3.05) is 44.4 Å². The second-order valence-corrected chi connectivity index (χ2v) is 4.83. The van der Waals surface area contributed by atoms with Crippen molar-refractivity contribution in [2.24, 2.45) is 0 Å². The van der Waals surface area contributed by atoms with Gasteiger partial charge in [0, 0.05) is 20.6 Å². The van der Waals surface area contributed by atoms with Gasteiger partial charge in [0.25, 0.3) is 0 Å². The molecule has 5 heteroatoms. The summed E-state index contributed by atoms with van der Waals surface area (Å²) in [6.07, 6.45) is 2.31. The summed E-state index contributed by atoms with van der Waals surface area (Å²) in [4.78, 5) is 2.02. The molecule has 0 radical (unpaired) electrons. The van der Waals surface area contributed by atoms with Crippen LogP contribution in [0.3, 0.4) is 0 Å². The lowest BCUT2D eigenvalue weighted by Crippen LogP contribution is -2.17. The molecular formula is C11H19N3S2. The Kier molecular flexibility index (Phi) is 5.31. The first-order valence-corrected chi connectivity index (χ1v) is 6.30. The molecule has 3 nitrogen and oxygen atoms in total. The van der Waals surface area contributed by atoms with E-state index >= 15 is 0 Å². The van der Waals surface area contributed by atoms with E-state index in [4.69, 9.17) is 24.4 Å². The second kappa shape index (κ2) is 6.27. The van der Waals surface area contributed by atoms with Crippen molar-refractivity contribution in [2.45, 2.75) is 12.8 Å². The zero-order valence-electron chi connectivity index (χ0n) is 10.1. The maximum absolute atomic E-state index is 5.22. The van der Waals surface area contributed by atoms with Gasteiger partial charge < -0.3 is 15.5 Å². The number of hydrogen-bond donors (Lipinski definition) is 2. The Labute approximate surface area is 108 Å². The molecule has 90 valence electrons. The van der Waals surface area contributed by atoms with Crippen molar-refractivity contribution in [1.29, 1.82) is 0 Å². The molecule has 0 heterocycles. The number of rotatable bonds is 7. The highest BCUT2D eigenvalue weighted by Crippen LogP contribution is 2.34. The topological polar surface area (TPSA) is 27.3 Å². The summed E-state index contributed by atoms with van der Waals surface area (Å²) in [6.45, 7) is 2.02. The molecule has 0 spiro atoms. The van der Waals surface area contributed by atoms with Gasteiger partial charge in [0.1, 0.15) is 0 Å². The van der Waals surface area contributed by atoms with E-state index in [1.165, 1.54) is 6.42 Å². The molecule has 0 amide bonds. The minimum absolute atomic E-state index is 0.812. The molecule has 1 aromatic rings. The maximum Gasteiger partial charge on any atom is 0.0834 e. The van der Waals surface area contributed by atoms with Crippen LogP contribution in [-0.2, 0) is 0 Å². The molecule has 0 unspecified atom stereocenters. The van der Waals surface area contributed by atoms with Crippen LogP contribution in [0.2, 0.25) is 0 Å². The van der Waals surface area contributed by atoms with Crippen LogP contribution in [0.1, 0.15) is 12.8 Å². The minimum Gasteiger partial charge on any atom is -0.382 e. The van der Waals surface area contributed by atoms with Crippen molar-refractivity contribution in [3.05, 3.63) is 9.02 Å². The van der Waals surface area contributed by atoms with Crippen LogP contribution in [-0.4, -0.2) is 34.2 Å². The fraction of sp³-hybridized carbons (Fsp3) is 0.636. The Balaban J connectivity index is 2.46. The number of nitrogens with one attached hydrogen (secondary N) is 2. The first kappa shape index (κ1) is 13.5. The number of nitrogens with zero attached hydrogens (tertiary/aromatic N) is 1. The molecule has 16 heavy (non-hydrogen) atoms. The predicted octanol–water partition coefficient (Wildman–Crippen LogP) is 2.50. The summed E-state index contributed by atoms with van der Waals surface area (Å²) in [5.74, 6) is 0. The average molecular weight is 257 g/mol. The highest BCUT2D eigenvalue weighted by Gasteiger charge is 2.15. The summed E-state index contributed by atoms with van der Waals surface area (Å²) in [6, 6.07) is 0. The number of hydrogen-bond acceptors (Lipinski definition) is 5. The lowest BCUT2D eigenvalue weighted by molar-refractivity contribution is 0.694. The zero-order valence-corrected chi connectivity index (χ0v) is 11.7. The van der Waals surface area contributed by atoms with Gasteiger partial charge in [0.05, 0.1) is 20.4 Å². The van der Waals surface area contributed by atoms with Crippen LogP contribution in [0, 0.1) is 9.02 Å². The molecule has 0 saturated carbocycles. The normalized spacial score (nSPS) is 10.7. The Morgan fingerprint density at radius 1 is 1.06 bits per heavy atom. The average Bonchev–Trinajstić information content (AvgIpc) is 2.25. The van der Waals surface area contributed by atoms with E-state index in [9.17, 15) is 0 Å². The first-order chi connectivity index (χ1) is 7.59. The first-order valence-electron chi connectivity index (χ1n) is 5.48. The van der Waals surface area contributed by atoms with Gasteiger partial charge in [0.15, 0.2) is 0 Å². The Bertz CT molecular complexity index is 405. The van der Waals surface area contributed by atoms with E-state index in [1.807, 2.05) is 26.0 Å². The molecule has 0 aliphatic rings. The standard InChI is InChI=1S/C11H19N3S2/c1-12-6-4-5-7-13-8-9(14(2)3)11(16)10(8)15/h12-13H,4-7H2,1-3H3. The van der Waals surface area contributed by atoms with Gasteiger partial charge in [0.2, 0.25) is 0 Å². The van der Waals surface area contributed by atoms with Gasteiger partial charge in [-0.2, -0.15) is 0 Å². The lowest BCUT2D eigenvalue weighted by Gasteiger charge is -2.22. The minimum atomic E-state index is 0.812. The van der Waals surface area contributed by atoms with Gasteiger partial charge in [-0.15, -0.1) is 0 Å². The monoisotopic (exact) mass is 257 g/mol. The van der Waals surface area contributed by atoms with E-state index < -0.39 is 0 Å². The molecule has 0 saturated heterocycles. The molecule has 0 aromatic heterocycles. The molecule has 0 atom stereocenters. The van der Waals surface area contributed by atoms with E-state index in [0.29, 0.717) is 0 Å². The fourth-order valence-electron chi connectivity index (χ4n) is 1.61. The van der Waals surface area contributed by atoms with Gasteiger partial charge >= 0.3 is 0 Å². The van der Waals surface area contributed by atoms with E-state index in [2.05, 4.69) is 10.6 Å². The zero-order chi connectivity index (χ0) is 12.1. The third-order valence-corrected chi connectivity index (χ3v) is 3.42. The number of anilines is 2. The highest BCUT2D eigenvalue weighted by molar-refractivity contribution is 7.74. The van der Waals surface area contributed by atoms with Crippen molar-refractivity contribution in [3.63, 3.8) is 0 Å². The van der Waals surface area contributed by atoms with Crippen molar-refractivity contribution in [3.8, 4) is 0 Å². The van der Waals surface area contributed by atoms with Crippen LogP contribution in [0.4, 0.5) is 11.4 Å². The van der Waals surface area contributed by atoms with Crippen LogP contribution in [0.25, 0.3) is 0 Å². The summed E-state index contributed by atoms with van der Waals surface area (Å²) in [5.41, 5.74) is 2.13. The third kappa shape index (κ3) is 2.99. The molecule has 1 rings (SSSR count). The molecule has 0 bridgehead atoms. The third-order valence-electron chi connectivity index (χ3n) is 2.49. The van der Waals surface area contributed by atoms with Gasteiger partial charge in [-0.05, 0) is 26.4 Å². The van der Waals surface area contributed by atoms with E-state index in [-0.39, 0.29) is 0 Å². The largest absolute Gasteiger partial charge is 0.382 e. The summed E-state index contributed by atoms with van der Waals surface area (Å²) < 4.78 is 1.63. The molecule has 0 aliphatic carbocycles. The van der Waals surface area contributed by atoms with Crippen LogP contribution >= 0.6 is 24.4 Å².